The molecule has 2 rings (SSSR count). The number of guanidine groups is 1. The number of carbonyl (C=O) groups excluding carboxylic acids is 1. The lowest BCUT2D eigenvalue weighted by Crippen LogP contribution is -2.44. The zero-order valence-corrected chi connectivity index (χ0v) is 14.8. The Balaban J connectivity index is 1.97. The summed E-state index contributed by atoms with van der Waals surface area (Å²) in [5, 5.41) is 6.29. The van der Waals surface area contributed by atoms with E-state index in [0.29, 0.717) is 25.5 Å². The molecule has 1 saturated heterocycles. The number of anilines is 1. The first-order valence-electron chi connectivity index (χ1n) is 7.97. The Labute approximate surface area is 143 Å². The van der Waals surface area contributed by atoms with E-state index in [1.165, 1.54) is 6.26 Å². The Morgan fingerprint density at radius 1 is 1.33 bits per heavy atom. The SMILES string of the molecule is CCNC(=NCCS(C)(=O)=O)NC1CC(=O)N(c2ccccc2)C1. The van der Waals surface area contributed by atoms with Crippen molar-refractivity contribution in [3.63, 3.8) is 0 Å². The van der Waals surface area contributed by atoms with Gasteiger partial charge in [-0.25, -0.2) is 8.42 Å². The van der Waals surface area contributed by atoms with Gasteiger partial charge in [0.1, 0.15) is 9.84 Å². The minimum absolute atomic E-state index is 0.00329. The minimum atomic E-state index is -3.04. The molecule has 1 fully saturated rings. The van der Waals surface area contributed by atoms with E-state index in [1.807, 2.05) is 37.3 Å². The molecule has 0 saturated carbocycles. The van der Waals surface area contributed by atoms with Crippen LogP contribution in [0.4, 0.5) is 5.69 Å². The van der Waals surface area contributed by atoms with Crippen LogP contribution in [0.5, 0.6) is 0 Å². The van der Waals surface area contributed by atoms with Gasteiger partial charge >= 0.3 is 0 Å². The van der Waals surface area contributed by atoms with Crippen molar-refractivity contribution < 1.29 is 13.2 Å². The van der Waals surface area contributed by atoms with Gasteiger partial charge in [0.05, 0.1) is 18.3 Å². The predicted octanol–water partition coefficient (Wildman–Crippen LogP) is 0.392. The number of rotatable bonds is 6. The largest absolute Gasteiger partial charge is 0.357 e. The lowest BCUT2D eigenvalue weighted by Gasteiger charge is -2.19. The van der Waals surface area contributed by atoms with E-state index >= 15 is 0 Å². The van der Waals surface area contributed by atoms with Gasteiger partial charge in [-0.3, -0.25) is 9.79 Å². The zero-order valence-electron chi connectivity index (χ0n) is 14.0. The van der Waals surface area contributed by atoms with Crippen LogP contribution in [0, 0.1) is 0 Å². The molecule has 0 aromatic heterocycles. The highest BCUT2D eigenvalue weighted by molar-refractivity contribution is 7.90. The van der Waals surface area contributed by atoms with Crippen LogP contribution >= 0.6 is 0 Å². The van der Waals surface area contributed by atoms with Gasteiger partial charge in [0.25, 0.3) is 0 Å². The lowest BCUT2D eigenvalue weighted by atomic mass is 10.2. The summed E-state index contributed by atoms with van der Waals surface area (Å²) < 4.78 is 22.4. The van der Waals surface area contributed by atoms with Crippen LogP contribution in [0.2, 0.25) is 0 Å². The van der Waals surface area contributed by atoms with E-state index in [1.54, 1.807) is 4.90 Å². The third-order valence-corrected chi connectivity index (χ3v) is 4.53. The average Bonchev–Trinajstić information content (AvgIpc) is 2.87. The van der Waals surface area contributed by atoms with E-state index < -0.39 is 9.84 Å². The molecule has 7 nitrogen and oxygen atoms in total. The van der Waals surface area contributed by atoms with Gasteiger partial charge in [-0.05, 0) is 19.1 Å². The smallest absolute Gasteiger partial charge is 0.229 e. The summed E-state index contributed by atoms with van der Waals surface area (Å²) >= 11 is 0. The highest BCUT2D eigenvalue weighted by atomic mass is 32.2. The molecule has 0 aliphatic carbocycles. The Hall–Kier alpha value is -2.09. The summed E-state index contributed by atoms with van der Waals surface area (Å²) in [4.78, 5) is 18.2. The van der Waals surface area contributed by atoms with Crippen LogP contribution in [0.3, 0.4) is 0 Å². The second-order valence-electron chi connectivity index (χ2n) is 5.78. The number of amides is 1. The fraction of sp³-hybridized carbons (Fsp3) is 0.500. The first kappa shape index (κ1) is 18.3. The molecular weight excluding hydrogens is 328 g/mol. The van der Waals surface area contributed by atoms with Crippen molar-refractivity contribution in [3.05, 3.63) is 30.3 Å². The van der Waals surface area contributed by atoms with Crippen molar-refractivity contribution in [2.75, 3.05) is 36.5 Å². The standard InChI is InChI=1S/C16H24N4O3S/c1-3-17-16(18-9-10-24(2,22)23)19-13-11-15(21)20(12-13)14-7-5-4-6-8-14/h4-8,13H,3,9-12H2,1-2H3,(H2,17,18,19). The molecule has 1 amide bonds. The zero-order chi connectivity index (χ0) is 17.6. The summed E-state index contributed by atoms with van der Waals surface area (Å²) in [5.41, 5.74) is 0.880. The molecule has 24 heavy (non-hydrogen) atoms. The Kier molecular flexibility index (Phi) is 6.19. The Morgan fingerprint density at radius 3 is 2.67 bits per heavy atom. The maximum absolute atomic E-state index is 12.2. The molecular formula is C16H24N4O3S. The molecule has 2 N–H and O–H groups in total. The third kappa shape index (κ3) is 5.52. The van der Waals surface area contributed by atoms with Gasteiger partial charge in [-0.1, -0.05) is 18.2 Å². The summed E-state index contributed by atoms with van der Waals surface area (Å²) in [6.07, 6.45) is 1.57. The maximum Gasteiger partial charge on any atom is 0.229 e. The number of benzene rings is 1. The minimum Gasteiger partial charge on any atom is -0.357 e. The number of aliphatic imine (C=N–C) groups is 1. The second-order valence-corrected chi connectivity index (χ2v) is 8.04. The van der Waals surface area contributed by atoms with E-state index in [9.17, 15) is 13.2 Å². The molecule has 1 aliphatic rings. The number of para-hydroxylation sites is 1. The molecule has 1 unspecified atom stereocenters. The van der Waals surface area contributed by atoms with Gasteiger partial charge in [0.2, 0.25) is 5.91 Å². The summed E-state index contributed by atoms with van der Waals surface area (Å²) in [6.45, 7) is 3.34. The van der Waals surface area contributed by atoms with Crippen LogP contribution in [-0.4, -0.2) is 58.0 Å². The fourth-order valence-electron chi connectivity index (χ4n) is 2.50. The third-order valence-electron chi connectivity index (χ3n) is 3.61. The highest BCUT2D eigenvalue weighted by Gasteiger charge is 2.31. The fourth-order valence-corrected chi connectivity index (χ4v) is 2.92. The average molecular weight is 352 g/mol. The maximum atomic E-state index is 12.2. The van der Waals surface area contributed by atoms with Gasteiger partial charge in [-0.15, -0.1) is 0 Å². The molecule has 1 atom stereocenters. The number of hydrogen-bond acceptors (Lipinski definition) is 4. The number of hydrogen-bond donors (Lipinski definition) is 2. The molecule has 1 aliphatic heterocycles. The van der Waals surface area contributed by atoms with Crippen molar-refractivity contribution in [1.29, 1.82) is 0 Å². The van der Waals surface area contributed by atoms with Crippen LogP contribution < -0.4 is 15.5 Å². The molecule has 8 heteroatoms. The van der Waals surface area contributed by atoms with E-state index in [2.05, 4.69) is 15.6 Å². The van der Waals surface area contributed by atoms with Gasteiger partial charge < -0.3 is 15.5 Å². The summed E-state index contributed by atoms with van der Waals surface area (Å²) in [7, 11) is -3.04. The number of nitrogens with one attached hydrogen (secondary N) is 2. The van der Waals surface area contributed by atoms with Crippen LogP contribution in [0.25, 0.3) is 0 Å². The lowest BCUT2D eigenvalue weighted by molar-refractivity contribution is -0.117. The predicted molar refractivity (Wildman–Crippen MR) is 96.0 cm³/mol. The van der Waals surface area contributed by atoms with Crippen molar-refractivity contribution >= 4 is 27.4 Å². The van der Waals surface area contributed by atoms with Crippen molar-refractivity contribution in [3.8, 4) is 0 Å². The van der Waals surface area contributed by atoms with Crippen molar-refractivity contribution in [1.82, 2.24) is 10.6 Å². The monoisotopic (exact) mass is 352 g/mol. The number of carbonyl (C=O) groups is 1. The van der Waals surface area contributed by atoms with Crippen LogP contribution in [0.1, 0.15) is 13.3 Å². The molecule has 0 spiro atoms. The highest BCUT2D eigenvalue weighted by Crippen LogP contribution is 2.20. The van der Waals surface area contributed by atoms with Crippen molar-refractivity contribution in [2.45, 2.75) is 19.4 Å². The molecule has 1 aromatic carbocycles. The Bertz CT molecular complexity index is 689. The number of sulfone groups is 1. The molecule has 0 radical (unpaired) electrons. The second kappa shape index (κ2) is 8.14. The number of nitrogens with zero attached hydrogens (tertiary/aromatic N) is 2. The topological polar surface area (TPSA) is 90.9 Å². The normalized spacial score (nSPS) is 18.8. The van der Waals surface area contributed by atoms with Crippen LogP contribution in [-0.2, 0) is 14.6 Å². The first-order chi connectivity index (χ1) is 11.4. The van der Waals surface area contributed by atoms with E-state index in [-0.39, 0.29) is 24.2 Å². The quantitative estimate of drug-likeness (QED) is 0.571. The molecule has 132 valence electrons. The Morgan fingerprint density at radius 2 is 2.04 bits per heavy atom. The van der Waals surface area contributed by atoms with Crippen LogP contribution in [0.15, 0.2) is 35.3 Å². The summed E-state index contributed by atoms with van der Waals surface area (Å²) in [6, 6.07) is 9.48. The van der Waals surface area contributed by atoms with Crippen molar-refractivity contribution in [2.24, 2.45) is 4.99 Å². The van der Waals surface area contributed by atoms with Gasteiger partial charge in [0.15, 0.2) is 5.96 Å². The first-order valence-corrected chi connectivity index (χ1v) is 10.0. The molecule has 1 heterocycles. The van der Waals surface area contributed by atoms with Gasteiger partial charge in [-0.2, -0.15) is 0 Å². The summed E-state index contributed by atoms with van der Waals surface area (Å²) in [5.74, 6) is 0.600. The molecule has 0 bridgehead atoms. The van der Waals surface area contributed by atoms with E-state index in [0.717, 1.165) is 5.69 Å². The molecule has 1 aromatic rings. The van der Waals surface area contributed by atoms with E-state index in [4.69, 9.17) is 0 Å². The van der Waals surface area contributed by atoms with Gasteiger partial charge in [0, 0.05) is 31.5 Å².